The van der Waals surface area contributed by atoms with Gasteiger partial charge in [-0.1, -0.05) is 203 Å². The Balaban J connectivity index is -0.000000575. The molecule has 14 heteroatoms. The summed E-state index contributed by atoms with van der Waals surface area (Å²) in [6.07, 6.45) is 16.0. The van der Waals surface area contributed by atoms with Crippen LogP contribution in [0.1, 0.15) is 202 Å². The fourth-order valence-corrected chi connectivity index (χ4v) is 10.4. The number of aromatic hydroxyl groups is 3. The van der Waals surface area contributed by atoms with E-state index in [9.17, 15) is 23.7 Å². The predicted octanol–water partition coefficient (Wildman–Crippen LogP) is 24.6. The van der Waals surface area contributed by atoms with Gasteiger partial charge in [-0.2, -0.15) is 0 Å². The van der Waals surface area contributed by atoms with E-state index in [0.717, 1.165) is 112 Å². The number of rotatable bonds is 16. The Morgan fingerprint density at radius 1 is 0.330 bits per heavy atom. The summed E-state index contributed by atoms with van der Waals surface area (Å²) in [6, 6.07) is 38.1. The summed E-state index contributed by atoms with van der Waals surface area (Å²) >= 11 is 0. The number of ether oxygens (including phenoxy) is 8. The van der Waals surface area contributed by atoms with E-state index in [1.807, 2.05) is 65.8 Å². The van der Waals surface area contributed by atoms with Crippen molar-refractivity contribution < 1.29 is 61.6 Å². The molecule has 4 unspecified atom stereocenters. The van der Waals surface area contributed by atoms with Crippen LogP contribution in [-0.2, 0) is 53.1 Å². The number of methoxy groups -OCH3 is 4. The Morgan fingerprint density at radius 3 is 0.598 bits per heavy atom. The molecule has 0 radical (unpaired) electrons. The molecule has 630 valence electrons. The first-order valence-corrected chi connectivity index (χ1v) is 41.1. The average Bonchev–Trinajstić information content (AvgIpc) is 1.21. The van der Waals surface area contributed by atoms with Crippen LogP contribution in [0.3, 0.4) is 0 Å². The summed E-state index contributed by atoms with van der Waals surface area (Å²) in [6.45, 7) is 72.2. The van der Waals surface area contributed by atoms with Crippen molar-refractivity contribution in [2.24, 2.45) is 0 Å². The zero-order valence-electron chi connectivity index (χ0n) is 75.2. The van der Waals surface area contributed by atoms with E-state index in [0.29, 0.717) is 51.5 Å². The lowest BCUT2D eigenvalue weighted by Crippen LogP contribution is -2.18. The number of allylic oxidation sites excluding steroid dienone is 4. The van der Waals surface area contributed by atoms with Crippen molar-refractivity contribution in [3.05, 3.63) is 267 Å². The molecule has 4 saturated heterocycles. The first-order valence-electron chi connectivity index (χ1n) is 39.6. The smallest absolute Gasteiger partial charge is 0.206 e. The van der Waals surface area contributed by atoms with Crippen molar-refractivity contribution in [3.63, 3.8) is 0 Å². The minimum Gasteiger partial charge on any atom is -0.507 e. The van der Waals surface area contributed by atoms with Gasteiger partial charge in [0.1, 0.15) is 41.7 Å². The first-order chi connectivity index (χ1) is 53.0. The van der Waals surface area contributed by atoms with Gasteiger partial charge in [0.25, 0.3) is 0 Å². The second kappa shape index (κ2) is 65.9. The molecule has 3 N–H and O–H groups in total. The third kappa shape index (κ3) is 47.9. The third-order valence-electron chi connectivity index (χ3n) is 18.2. The van der Waals surface area contributed by atoms with Crippen molar-refractivity contribution in [2.75, 3.05) is 81.3 Å². The molecule has 4 heterocycles. The average molecular weight is 1570 g/mol. The van der Waals surface area contributed by atoms with Crippen LogP contribution in [0.25, 0.3) is 0 Å². The van der Waals surface area contributed by atoms with Crippen LogP contribution in [0, 0.1) is 104 Å². The first kappa shape index (κ1) is 111. The largest absolute Gasteiger partial charge is 0.507 e. The van der Waals surface area contributed by atoms with Crippen molar-refractivity contribution >= 4 is 9.84 Å². The van der Waals surface area contributed by atoms with Crippen LogP contribution in [0.2, 0.25) is 0 Å². The van der Waals surface area contributed by atoms with E-state index in [1.54, 1.807) is 89.1 Å². The zero-order valence-corrected chi connectivity index (χ0v) is 76.0. The van der Waals surface area contributed by atoms with Gasteiger partial charge in [0.05, 0.1) is 62.6 Å². The van der Waals surface area contributed by atoms with E-state index in [-0.39, 0.29) is 5.41 Å². The molecular weight excluding hydrogens is 1420 g/mol. The number of hydrogen-bond acceptors (Lipinski definition) is 13. The topological polar surface area (TPSA) is 182 Å². The van der Waals surface area contributed by atoms with Crippen LogP contribution in [0.5, 0.6) is 17.2 Å². The molecule has 4 aliphatic heterocycles. The number of epoxide rings is 4. The van der Waals surface area contributed by atoms with Crippen molar-refractivity contribution in [2.45, 2.75) is 251 Å². The number of sulfone groups is 1. The molecule has 0 aliphatic carbocycles. The van der Waals surface area contributed by atoms with Gasteiger partial charge in [-0.3, -0.25) is 0 Å². The highest BCUT2D eigenvalue weighted by Crippen LogP contribution is 2.34. The summed E-state index contributed by atoms with van der Waals surface area (Å²) in [7, 11) is 3.39. The van der Waals surface area contributed by atoms with Crippen LogP contribution in [0.15, 0.2) is 182 Å². The molecular formula is C98H154O13S. The van der Waals surface area contributed by atoms with Crippen molar-refractivity contribution in [1.29, 1.82) is 0 Å². The van der Waals surface area contributed by atoms with E-state index in [2.05, 4.69) is 219 Å². The molecule has 112 heavy (non-hydrogen) atoms. The summed E-state index contributed by atoms with van der Waals surface area (Å²) in [4.78, 5) is 0.660. The van der Waals surface area contributed by atoms with Gasteiger partial charge in [0.2, 0.25) is 9.84 Å². The number of hydrogen-bond donors (Lipinski definition) is 3. The van der Waals surface area contributed by atoms with Crippen molar-refractivity contribution in [1.82, 2.24) is 0 Å². The second-order valence-electron chi connectivity index (χ2n) is 27.8. The van der Waals surface area contributed by atoms with Gasteiger partial charge < -0.3 is 53.2 Å². The Hall–Kier alpha value is -7.47. The van der Waals surface area contributed by atoms with Crippen molar-refractivity contribution in [3.8, 4) is 17.2 Å². The number of phenolic OH excluding ortho intramolecular Hbond substituents is 3. The molecule has 7 aromatic rings. The predicted molar refractivity (Wildman–Crippen MR) is 479 cm³/mol. The van der Waals surface area contributed by atoms with Gasteiger partial charge in [-0.05, 0) is 248 Å². The number of phenols is 3. The molecule has 0 amide bonds. The van der Waals surface area contributed by atoms with E-state index >= 15 is 0 Å². The Kier molecular flexibility index (Phi) is 65.2. The molecule has 7 aromatic carbocycles. The van der Waals surface area contributed by atoms with E-state index < -0.39 is 9.84 Å². The summed E-state index contributed by atoms with van der Waals surface area (Å²) < 4.78 is 62.3. The van der Waals surface area contributed by atoms with Crippen LogP contribution >= 0.6 is 0 Å². The SMILES string of the molecule is C=CCC.C=CCC.C=CCC.C=CCC.CC(C)(c1ccccc1)c1ccccc1.CCC.CCC.COCC1CO1.COCC1CO1.COCC1CO1.COCC1CO1.Cc1c(C)c(C)c(O)c(C)c1C.Cc1c(C)c(C)c(O)c(C)c1C.Cc1c(C)c(C)c(O)c(C)c1C.O=S(=O)(c1ccccc1)c1ccccc1. The lowest BCUT2D eigenvalue weighted by atomic mass is 9.78. The quantitative estimate of drug-likeness (QED) is 0.0615. The van der Waals surface area contributed by atoms with Gasteiger partial charge in [0.15, 0.2) is 0 Å². The lowest BCUT2D eigenvalue weighted by molar-refractivity contribution is 0.171. The minimum atomic E-state index is -3.34. The fraction of sp³-hybridized carbons (Fsp3) is 0.490. The fourth-order valence-electron chi connectivity index (χ4n) is 9.05. The Morgan fingerprint density at radius 2 is 0.473 bits per heavy atom. The summed E-state index contributed by atoms with van der Waals surface area (Å²) in [5.74, 6) is 1.36. The molecule has 0 spiro atoms. The van der Waals surface area contributed by atoms with Gasteiger partial charge in [-0.25, -0.2) is 8.42 Å². The summed E-state index contributed by atoms with van der Waals surface area (Å²) in [5.41, 5.74) is 20.0. The maximum atomic E-state index is 12.0. The molecule has 4 fully saturated rings. The maximum Gasteiger partial charge on any atom is 0.206 e. The molecule has 11 rings (SSSR count). The molecule has 0 bridgehead atoms. The standard InChI is InChI=1S/C15H16.C12H10O2S.3C11H16O.4C4H8O2.4C4H8.2C3H8/c1-15(2,13-9-5-3-6-10-13)14-11-7-4-8-12-14;13-15(14,11-7-3-1-4-8-11)12-9-5-2-6-10-12;3*1-6-7(2)9(4)11(12)10(5)8(6)3;4*1-5-2-4-3-6-4;4*1-3-4-2;2*1-3-2/h3-12H,1-2H3;1-10H;3*12H,1-5H3;4*4H,2-3H2,1H3;4*3H,1,4H2,2H3;2*3H2,1-2H3. The zero-order chi connectivity index (χ0) is 86.5. The monoisotopic (exact) mass is 1570 g/mol. The Bertz CT molecular complexity index is 3030. The van der Waals surface area contributed by atoms with Crippen LogP contribution in [0.4, 0.5) is 0 Å². The molecule has 0 saturated carbocycles. The highest BCUT2D eigenvalue weighted by atomic mass is 32.2. The van der Waals surface area contributed by atoms with Crippen LogP contribution < -0.4 is 0 Å². The second-order valence-corrected chi connectivity index (χ2v) is 29.7. The highest BCUT2D eigenvalue weighted by molar-refractivity contribution is 7.91. The van der Waals surface area contributed by atoms with Gasteiger partial charge in [0, 0.05) is 33.9 Å². The maximum absolute atomic E-state index is 12.0. The summed E-state index contributed by atoms with van der Waals surface area (Å²) in [5, 5.41) is 29.1. The Labute approximate surface area is 683 Å². The molecule has 13 nitrogen and oxygen atoms in total. The molecule has 4 aliphatic rings. The van der Waals surface area contributed by atoms with Gasteiger partial charge in [-0.15, -0.1) is 26.3 Å². The number of benzene rings is 7. The molecule has 4 atom stereocenters. The third-order valence-corrected chi connectivity index (χ3v) is 19.9. The normalized spacial score (nSPS) is 14.1. The lowest BCUT2D eigenvalue weighted by Gasteiger charge is -2.25. The highest BCUT2D eigenvalue weighted by Gasteiger charge is 2.24. The van der Waals surface area contributed by atoms with Crippen LogP contribution in [-0.4, -0.2) is 129 Å². The van der Waals surface area contributed by atoms with E-state index in [4.69, 9.17) is 37.9 Å². The molecule has 0 aromatic heterocycles. The van der Waals surface area contributed by atoms with E-state index in [1.165, 1.54) is 74.0 Å². The van der Waals surface area contributed by atoms with Gasteiger partial charge >= 0.3 is 0 Å². The minimum absolute atomic E-state index is 0.0858.